The molecule has 0 saturated heterocycles. The molecule has 0 amide bonds. The minimum Gasteiger partial charge on any atom is -0.506 e. The number of ether oxygens (including phenoxy) is 3. The van der Waals surface area contributed by atoms with E-state index >= 15 is 0 Å². The topological polar surface area (TPSA) is 282 Å². The molecule has 0 aliphatic heterocycles. The van der Waals surface area contributed by atoms with Gasteiger partial charge in [-0.3, -0.25) is 24.0 Å². The molecule has 0 aliphatic carbocycles. The molecule has 522 valence electrons. The van der Waals surface area contributed by atoms with E-state index < -0.39 is 17.7 Å². The van der Waals surface area contributed by atoms with Crippen LogP contribution in [0, 0.1) is 76.2 Å². The summed E-state index contributed by atoms with van der Waals surface area (Å²) >= 11 is 3.39. The first-order chi connectivity index (χ1) is 48.5. The van der Waals surface area contributed by atoms with Crippen LogP contribution in [0.15, 0.2) is 207 Å². The van der Waals surface area contributed by atoms with E-state index in [9.17, 15) is 38.7 Å². The zero-order chi connectivity index (χ0) is 74.6. The average molecular weight is 1440 g/mol. The first-order valence-electron chi connectivity index (χ1n) is 32.1. The lowest BCUT2D eigenvalue weighted by Crippen LogP contribution is -2.26. The molecule has 0 atom stereocenters. The number of nitrogens with one attached hydrogen (secondary N) is 1. The number of methoxy groups -OCH3 is 3. The first kappa shape index (κ1) is 77.4. The Kier molecular flexibility index (Phi) is 27.1. The number of halogens is 1. The van der Waals surface area contributed by atoms with Crippen molar-refractivity contribution in [2.24, 2.45) is 12.0 Å². The van der Waals surface area contributed by atoms with Crippen LogP contribution in [0.3, 0.4) is 0 Å². The summed E-state index contributed by atoms with van der Waals surface area (Å²) in [7, 11) is 5.79. The fourth-order valence-electron chi connectivity index (χ4n) is 9.97. The van der Waals surface area contributed by atoms with Crippen molar-refractivity contribution in [1.29, 1.82) is 0 Å². The third kappa shape index (κ3) is 20.3. The van der Waals surface area contributed by atoms with E-state index in [2.05, 4.69) is 50.6 Å². The lowest BCUT2D eigenvalue weighted by atomic mass is 9.99. The number of hydrogen-bond donors (Lipinski definition) is 3. The zero-order valence-electron chi connectivity index (χ0n) is 59.6. The summed E-state index contributed by atoms with van der Waals surface area (Å²) in [6.45, 7) is 21.6. The molecule has 4 N–H and O–H groups in total. The van der Waals surface area contributed by atoms with Gasteiger partial charge in [0.1, 0.15) is 46.1 Å². The van der Waals surface area contributed by atoms with Crippen molar-refractivity contribution in [1.82, 2.24) is 29.5 Å². The standard InChI is InChI=1S/C24H20BrN3O2.C19H20N2O3.C18H16N2O2.C14H16O4.C6H9N2/c1-14-7-9-17(11-15(14)2)22(29)20-13-28(12-18-5-4-6-21(25)27-18)24-19(23(20)30)10-8-16(3)26-24;1-12-8-9-15(10-13(12)2)18(22)16(19(23)24-4)11-20-17-7-5-6-14(3)21-17;1-10-4-6-13(8-11(10)2)16(21)15-9-19-18-14(17(15)22)7-5-12(3)20-18;1-9-5-6-11(7-10(9)2)13(15)12(8-17-3)14(16)18-4;1-8-4-2-3-6(7)5-8/h4-11,13H,12H2,1-3H3;5-11,22H,1-4H3;4-9H,1-3H3,(H,19,20,22);5-8H,1-4H3;2-5H,7H2,1H3/q;;;;+1. The lowest BCUT2D eigenvalue weighted by molar-refractivity contribution is -0.670. The normalized spacial score (nSPS) is 11.1. The van der Waals surface area contributed by atoms with Gasteiger partial charge >= 0.3 is 11.9 Å². The van der Waals surface area contributed by atoms with Crippen molar-refractivity contribution in [3.63, 3.8) is 0 Å². The third-order valence-electron chi connectivity index (χ3n) is 16.3. The number of nitrogens with zero attached hydrogens (tertiary/aromatic N) is 7. The maximum absolute atomic E-state index is 13.2. The highest BCUT2D eigenvalue weighted by molar-refractivity contribution is 9.10. The van der Waals surface area contributed by atoms with Crippen molar-refractivity contribution in [3.05, 3.63) is 314 Å². The fraction of sp³-hybridized carbons (Fsp3) is 0.198. The number of hydrogen-bond acceptors (Lipinski definition) is 17. The Balaban J connectivity index is 0.000000186. The summed E-state index contributed by atoms with van der Waals surface area (Å²) in [6, 6.07) is 43.5. The van der Waals surface area contributed by atoms with Gasteiger partial charge in [-0.15, -0.1) is 0 Å². The van der Waals surface area contributed by atoms with Crippen molar-refractivity contribution >= 4 is 90.8 Å². The molecule has 7 heterocycles. The number of aromatic amines is 1. The van der Waals surface area contributed by atoms with Crippen LogP contribution in [0.5, 0.6) is 0 Å². The number of ketones is 3. The summed E-state index contributed by atoms with van der Waals surface area (Å²) in [5.74, 6) is -2.08. The van der Waals surface area contributed by atoms with Crippen LogP contribution in [0.2, 0.25) is 0 Å². The Hall–Kier alpha value is -12.0. The van der Waals surface area contributed by atoms with Crippen LogP contribution >= 0.6 is 15.9 Å². The van der Waals surface area contributed by atoms with E-state index in [0.717, 1.165) is 83.8 Å². The van der Waals surface area contributed by atoms with Crippen LogP contribution in [0.25, 0.3) is 27.8 Å². The highest BCUT2D eigenvalue weighted by Crippen LogP contribution is 2.23. The van der Waals surface area contributed by atoms with Gasteiger partial charge in [-0.25, -0.2) is 39.1 Å². The number of esters is 2. The number of nitrogens with two attached hydrogens (primary N) is 1. The molecule has 0 spiro atoms. The number of aliphatic imine (C=N–C) groups is 1. The number of benzene rings is 4. The molecule has 11 aromatic rings. The lowest BCUT2D eigenvalue weighted by Gasteiger charge is -2.13. The average Bonchev–Trinajstić information content (AvgIpc) is 0.778. The Morgan fingerprint density at radius 1 is 0.578 bits per heavy atom. The molecule has 102 heavy (non-hydrogen) atoms. The number of carbonyl (C=O) groups is 5. The minimum absolute atomic E-state index is 0.0240. The number of rotatable bonds is 14. The smallest absolute Gasteiger partial charge is 0.345 e. The quantitative estimate of drug-likeness (QED) is 0.0105. The first-order valence-corrected chi connectivity index (χ1v) is 32.9. The molecule has 11 rings (SSSR count). The molecule has 0 fully saturated rings. The van der Waals surface area contributed by atoms with Gasteiger partial charge < -0.3 is 34.6 Å². The number of fused-ring (bicyclic) bond motifs is 2. The van der Waals surface area contributed by atoms with Gasteiger partial charge in [0.15, 0.2) is 29.8 Å². The van der Waals surface area contributed by atoms with Crippen molar-refractivity contribution in [3.8, 4) is 0 Å². The summed E-state index contributed by atoms with van der Waals surface area (Å²) in [6.07, 6.45) is 9.24. The van der Waals surface area contributed by atoms with E-state index in [-0.39, 0.29) is 50.5 Å². The van der Waals surface area contributed by atoms with Crippen LogP contribution in [-0.4, -0.2) is 91.4 Å². The van der Waals surface area contributed by atoms with E-state index in [1.165, 1.54) is 33.7 Å². The van der Waals surface area contributed by atoms with Crippen LogP contribution < -0.4 is 21.2 Å². The van der Waals surface area contributed by atoms with E-state index in [1.807, 2.05) is 190 Å². The molecule has 0 unspecified atom stereocenters. The number of anilines is 1. The van der Waals surface area contributed by atoms with Crippen LogP contribution in [0.4, 0.5) is 11.5 Å². The van der Waals surface area contributed by atoms with Gasteiger partial charge in [-0.05, 0) is 215 Å². The van der Waals surface area contributed by atoms with Gasteiger partial charge in [0, 0.05) is 64.0 Å². The number of aryl methyl sites for hydroxylation is 12. The Bertz CT molecular complexity index is 5210. The molecule has 0 saturated carbocycles. The van der Waals surface area contributed by atoms with Crippen molar-refractivity contribution < 1.29 is 47.9 Å². The number of Topliss-reactive ketones (excluding diaryl/α,β-unsaturated/α-hetero) is 1. The van der Waals surface area contributed by atoms with E-state index in [1.54, 1.807) is 66.9 Å². The second-order valence-electron chi connectivity index (χ2n) is 24.0. The maximum Gasteiger partial charge on any atom is 0.345 e. The molecule has 20 nitrogen and oxygen atoms in total. The SMILES string of the molecule is COC(=O)C(C=Nc1cccc(C)n1)=C(O)c1ccc(C)c(C)c1.COC=C(C(=O)OC)C(=O)c1ccc(C)c(C)c1.C[n+]1cccc(N)c1.Cc1ccc2c(=O)c(C(=O)c3ccc(C)c(C)c3)c[nH]c2n1.Cc1ccc2c(=O)c(C(=O)c3ccc(C)c(C)c3)cn(Cc3cccc(Br)n3)c2n1. The number of carbonyl (C=O) groups excluding carboxylic acids is 5. The zero-order valence-corrected chi connectivity index (χ0v) is 61.2. The van der Waals surface area contributed by atoms with Gasteiger partial charge in [0.05, 0.1) is 61.2 Å². The molecule has 21 heteroatoms. The molecule has 7 aromatic heterocycles. The number of pyridine rings is 7. The van der Waals surface area contributed by atoms with Crippen molar-refractivity contribution in [2.75, 3.05) is 27.1 Å². The molecular formula is C81H81BrN9O11+. The summed E-state index contributed by atoms with van der Waals surface area (Å²) in [4.78, 5) is 112. The monoisotopic (exact) mass is 1430 g/mol. The predicted octanol–water partition coefficient (Wildman–Crippen LogP) is 14.0. The van der Waals surface area contributed by atoms with Gasteiger partial charge in [-0.1, -0.05) is 60.7 Å². The maximum atomic E-state index is 13.2. The second kappa shape index (κ2) is 35.7. The third-order valence-corrected chi connectivity index (χ3v) is 16.8. The molecule has 0 bridgehead atoms. The predicted molar refractivity (Wildman–Crippen MR) is 402 cm³/mol. The van der Waals surface area contributed by atoms with Crippen LogP contribution in [0.1, 0.15) is 115 Å². The number of aliphatic hydroxyl groups is 1. The van der Waals surface area contributed by atoms with Gasteiger partial charge in [0.2, 0.25) is 16.6 Å². The summed E-state index contributed by atoms with van der Waals surface area (Å²) in [5.41, 5.74) is 20.5. The summed E-state index contributed by atoms with van der Waals surface area (Å²) < 4.78 is 18.5. The fourth-order valence-corrected chi connectivity index (χ4v) is 10.3. The Labute approximate surface area is 600 Å². The number of aliphatic hydroxyl groups excluding tert-OH is 1. The van der Waals surface area contributed by atoms with E-state index in [0.29, 0.717) is 56.7 Å². The summed E-state index contributed by atoms with van der Waals surface area (Å²) in [5, 5.41) is 11.3. The highest BCUT2D eigenvalue weighted by atomic mass is 79.9. The Morgan fingerprint density at radius 2 is 1.10 bits per heavy atom. The van der Waals surface area contributed by atoms with Gasteiger partial charge in [-0.2, -0.15) is 0 Å². The van der Waals surface area contributed by atoms with E-state index in [4.69, 9.17) is 15.2 Å². The van der Waals surface area contributed by atoms with Gasteiger partial charge in [0.25, 0.3) is 0 Å². The molecule has 0 aliphatic rings. The molecular weight excluding hydrogens is 1350 g/mol. The molecule has 4 aromatic carbocycles. The number of aromatic nitrogens is 7. The highest BCUT2D eigenvalue weighted by Gasteiger charge is 2.23. The largest absolute Gasteiger partial charge is 0.506 e. The second-order valence-corrected chi connectivity index (χ2v) is 24.9. The number of nitrogen functional groups attached to an aromatic ring is 1. The van der Waals surface area contributed by atoms with Crippen molar-refractivity contribution in [2.45, 2.75) is 82.7 Å². The number of H-pyrrole nitrogens is 1. The van der Waals surface area contributed by atoms with Crippen LogP contribution in [-0.2, 0) is 37.4 Å². The Morgan fingerprint density at radius 3 is 1.64 bits per heavy atom. The molecule has 0 radical (unpaired) electrons. The minimum atomic E-state index is -0.708.